The number of rotatable bonds is 12. The molecule has 0 amide bonds. The highest BCUT2D eigenvalue weighted by Crippen LogP contribution is 2.43. The second-order valence-electron chi connectivity index (χ2n) is 11.7. The van der Waals surface area contributed by atoms with E-state index >= 15 is 0 Å². The van der Waals surface area contributed by atoms with Crippen LogP contribution in [0, 0.1) is 35.5 Å². The second kappa shape index (κ2) is 14.6. The molecule has 178 valence electrons. The van der Waals surface area contributed by atoms with Crippen molar-refractivity contribution in [1.82, 2.24) is 0 Å². The molecule has 31 heavy (non-hydrogen) atoms. The van der Waals surface area contributed by atoms with Crippen molar-refractivity contribution in [3.63, 3.8) is 0 Å². The van der Waals surface area contributed by atoms with Crippen LogP contribution in [0.2, 0.25) is 0 Å². The van der Waals surface area contributed by atoms with Crippen LogP contribution in [-0.4, -0.2) is 0 Å². The van der Waals surface area contributed by atoms with Crippen LogP contribution in [0.25, 0.3) is 0 Å². The van der Waals surface area contributed by atoms with Gasteiger partial charge in [0.2, 0.25) is 0 Å². The van der Waals surface area contributed by atoms with Crippen molar-refractivity contribution in [3.8, 4) is 0 Å². The van der Waals surface area contributed by atoms with Crippen molar-refractivity contribution in [2.24, 2.45) is 35.5 Å². The van der Waals surface area contributed by atoms with Crippen LogP contribution < -0.4 is 0 Å². The Morgan fingerprint density at radius 1 is 0.613 bits per heavy atom. The zero-order valence-electron chi connectivity index (χ0n) is 21.0. The number of unbranched alkanes of at least 4 members (excludes halogenated alkanes) is 4. The van der Waals surface area contributed by atoms with E-state index in [1.807, 2.05) is 0 Å². The van der Waals surface area contributed by atoms with Crippen LogP contribution in [0.3, 0.4) is 0 Å². The molecule has 3 rings (SSSR count). The lowest BCUT2D eigenvalue weighted by atomic mass is 9.68. The van der Waals surface area contributed by atoms with Gasteiger partial charge in [-0.15, -0.1) is 6.58 Å². The van der Waals surface area contributed by atoms with Gasteiger partial charge in [-0.3, -0.25) is 0 Å². The van der Waals surface area contributed by atoms with Gasteiger partial charge in [-0.25, -0.2) is 0 Å². The summed E-state index contributed by atoms with van der Waals surface area (Å²) in [6.07, 6.45) is 36.8. The molecule has 3 saturated carbocycles. The van der Waals surface area contributed by atoms with E-state index in [-0.39, 0.29) is 0 Å². The lowest BCUT2D eigenvalue weighted by molar-refractivity contribution is 0.140. The van der Waals surface area contributed by atoms with E-state index in [1.54, 1.807) is 38.5 Å². The van der Waals surface area contributed by atoms with Crippen molar-refractivity contribution >= 4 is 0 Å². The predicted molar refractivity (Wildman–Crippen MR) is 138 cm³/mol. The summed E-state index contributed by atoms with van der Waals surface area (Å²) in [5.41, 5.74) is 0. The van der Waals surface area contributed by atoms with Crippen molar-refractivity contribution in [3.05, 3.63) is 24.8 Å². The molecule has 0 N–H and O–H groups in total. The normalized spacial score (nSPS) is 34.7. The molecule has 3 aliphatic carbocycles. The maximum atomic E-state index is 3.98. The highest BCUT2D eigenvalue weighted by atomic mass is 14.4. The molecule has 0 heteroatoms. The third kappa shape index (κ3) is 9.09. The first kappa shape index (κ1) is 25.1. The van der Waals surface area contributed by atoms with Gasteiger partial charge in [-0.2, -0.15) is 0 Å². The summed E-state index contributed by atoms with van der Waals surface area (Å²) in [6, 6.07) is 0. The third-order valence-electron chi connectivity index (χ3n) is 9.47. The van der Waals surface area contributed by atoms with Crippen LogP contribution in [0.5, 0.6) is 0 Å². The zero-order valence-corrected chi connectivity index (χ0v) is 21.0. The number of allylic oxidation sites excluding steroid dienone is 3. The van der Waals surface area contributed by atoms with Gasteiger partial charge >= 0.3 is 0 Å². The molecule has 0 heterocycles. The van der Waals surface area contributed by atoms with Gasteiger partial charge < -0.3 is 0 Å². The fourth-order valence-electron chi connectivity index (χ4n) is 7.13. The molecule has 0 aromatic carbocycles. The van der Waals surface area contributed by atoms with Crippen molar-refractivity contribution in [2.45, 2.75) is 135 Å². The summed E-state index contributed by atoms with van der Waals surface area (Å²) in [5, 5.41) is 0. The summed E-state index contributed by atoms with van der Waals surface area (Å²) in [4.78, 5) is 0. The Morgan fingerprint density at radius 3 is 1.74 bits per heavy atom. The molecule has 0 unspecified atom stereocenters. The fourth-order valence-corrected chi connectivity index (χ4v) is 7.13. The van der Waals surface area contributed by atoms with Gasteiger partial charge in [0.1, 0.15) is 0 Å². The minimum absolute atomic E-state index is 0.797. The molecule has 0 aromatic heterocycles. The SMILES string of the molecule is C=CC1CCC(/C=C/CCC2CCC(C3CCC(CCCCCCC)CC3)CC2)CC1. The van der Waals surface area contributed by atoms with E-state index in [9.17, 15) is 0 Å². The Bertz CT molecular complexity index is 478. The molecular formula is C31H54. The molecule has 0 atom stereocenters. The van der Waals surface area contributed by atoms with Crippen LogP contribution in [-0.2, 0) is 0 Å². The quantitative estimate of drug-likeness (QED) is 0.215. The standard InChI is InChI=1S/C31H54/c1-3-5-6-7-8-11-28-18-22-30(23-19-28)31-24-20-29(21-25-31)13-10-9-12-27-16-14-26(4-2)15-17-27/h4,9,12,26-31H,2-3,5-8,10-11,13-25H2,1H3/b12-9+. The summed E-state index contributed by atoms with van der Waals surface area (Å²) in [7, 11) is 0. The summed E-state index contributed by atoms with van der Waals surface area (Å²) >= 11 is 0. The first-order valence-electron chi connectivity index (χ1n) is 14.6. The van der Waals surface area contributed by atoms with Gasteiger partial charge in [-0.05, 0) is 99.7 Å². The Kier molecular flexibility index (Phi) is 11.8. The zero-order chi connectivity index (χ0) is 21.7. The van der Waals surface area contributed by atoms with E-state index in [4.69, 9.17) is 0 Å². The molecule has 0 bridgehead atoms. The highest BCUT2D eigenvalue weighted by Gasteiger charge is 2.30. The molecule has 0 radical (unpaired) electrons. The fraction of sp³-hybridized carbons (Fsp3) is 0.871. The second-order valence-corrected chi connectivity index (χ2v) is 11.7. The lowest BCUT2D eigenvalue weighted by Crippen LogP contribution is -2.25. The van der Waals surface area contributed by atoms with Gasteiger partial charge in [0.05, 0.1) is 0 Å². The van der Waals surface area contributed by atoms with Crippen molar-refractivity contribution < 1.29 is 0 Å². The van der Waals surface area contributed by atoms with Gasteiger partial charge in [0, 0.05) is 0 Å². The summed E-state index contributed by atoms with van der Waals surface area (Å²) in [6.45, 7) is 6.30. The monoisotopic (exact) mass is 426 g/mol. The number of hydrogen-bond acceptors (Lipinski definition) is 0. The maximum Gasteiger partial charge on any atom is -0.0233 e. The minimum Gasteiger partial charge on any atom is -0.103 e. The number of hydrogen-bond donors (Lipinski definition) is 0. The largest absolute Gasteiger partial charge is 0.103 e. The summed E-state index contributed by atoms with van der Waals surface area (Å²) in [5.74, 6) is 5.92. The van der Waals surface area contributed by atoms with Crippen molar-refractivity contribution in [1.29, 1.82) is 0 Å². The molecule has 0 spiro atoms. The van der Waals surface area contributed by atoms with Crippen LogP contribution in [0.1, 0.15) is 135 Å². The Hall–Kier alpha value is -0.520. The lowest BCUT2D eigenvalue weighted by Gasteiger charge is -2.38. The van der Waals surface area contributed by atoms with Crippen LogP contribution in [0.4, 0.5) is 0 Å². The Balaban J connectivity index is 1.22. The Labute approximate surface area is 195 Å². The van der Waals surface area contributed by atoms with Gasteiger partial charge in [-0.1, -0.05) is 89.4 Å². The van der Waals surface area contributed by atoms with E-state index in [2.05, 4.69) is 31.7 Å². The minimum atomic E-state index is 0.797. The van der Waals surface area contributed by atoms with Gasteiger partial charge in [0.25, 0.3) is 0 Å². The van der Waals surface area contributed by atoms with Crippen LogP contribution in [0.15, 0.2) is 24.8 Å². The molecule has 0 saturated heterocycles. The molecule has 0 aromatic rings. The Morgan fingerprint density at radius 2 is 1.16 bits per heavy atom. The smallest absolute Gasteiger partial charge is 0.0233 e. The average molecular weight is 427 g/mol. The highest BCUT2D eigenvalue weighted by molar-refractivity contribution is 4.94. The van der Waals surface area contributed by atoms with E-state index in [0.29, 0.717) is 0 Å². The predicted octanol–water partition coefficient (Wildman–Crippen LogP) is 10.3. The van der Waals surface area contributed by atoms with Crippen LogP contribution >= 0.6 is 0 Å². The third-order valence-corrected chi connectivity index (χ3v) is 9.47. The first-order chi connectivity index (χ1) is 15.3. The molecule has 0 aliphatic heterocycles. The molecular weight excluding hydrogens is 372 g/mol. The van der Waals surface area contributed by atoms with Crippen molar-refractivity contribution in [2.75, 3.05) is 0 Å². The first-order valence-corrected chi connectivity index (χ1v) is 14.6. The molecule has 3 aliphatic rings. The van der Waals surface area contributed by atoms with E-state index < -0.39 is 0 Å². The van der Waals surface area contributed by atoms with Gasteiger partial charge in [0.15, 0.2) is 0 Å². The van der Waals surface area contributed by atoms with E-state index in [1.165, 1.54) is 89.9 Å². The maximum absolute atomic E-state index is 3.98. The summed E-state index contributed by atoms with van der Waals surface area (Å²) < 4.78 is 0. The molecule has 0 nitrogen and oxygen atoms in total. The molecule has 3 fully saturated rings. The topological polar surface area (TPSA) is 0 Å². The average Bonchev–Trinajstić information content (AvgIpc) is 2.83. The van der Waals surface area contributed by atoms with E-state index in [0.717, 1.165) is 35.5 Å².